The Balaban J connectivity index is 2.17. The Labute approximate surface area is 90.3 Å². The van der Waals surface area contributed by atoms with Crippen molar-refractivity contribution in [1.29, 1.82) is 0 Å². The largest absolute Gasteiger partial charge is 0.309 e. The van der Waals surface area contributed by atoms with E-state index in [0.29, 0.717) is 11.3 Å². The molecule has 0 amide bonds. The van der Waals surface area contributed by atoms with Crippen molar-refractivity contribution < 1.29 is 0 Å². The lowest BCUT2D eigenvalue weighted by Gasteiger charge is -2.17. The minimum Gasteiger partial charge on any atom is -0.309 e. The summed E-state index contributed by atoms with van der Waals surface area (Å²) in [6, 6.07) is 9.29. The fourth-order valence-corrected chi connectivity index (χ4v) is 3.21. The third kappa shape index (κ3) is 1.82. The van der Waals surface area contributed by atoms with Gasteiger partial charge >= 0.3 is 0 Å². The first-order chi connectivity index (χ1) is 6.83. The Hall–Kier alpha value is -0.470. The summed E-state index contributed by atoms with van der Waals surface area (Å²) < 4.78 is 0. The second-order valence-corrected chi connectivity index (χ2v) is 5.21. The van der Waals surface area contributed by atoms with Gasteiger partial charge in [-0.15, -0.1) is 11.8 Å². The molecule has 0 fully saturated rings. The molecule has 1 heterocycles. The number of hydrogen-bond acceptors (Lipinski definition) is 2. The summed E-state index contributed by atoms with van der Waals surface area (Å²) in [5.41, 5.74) is 1.48. The van der Waals surface area contributed by atoms with Crippen molar-refractivity contribution in [1.82, 2.24) is 5.32 Å². The van der Waals surface area contributed by atoms with Crippen LogP contribution in [0.1, 0.15) is 31.9 Å². The van der Waals surface area contributed by atoms with Crippen molar-refractivity contribution >= 4 is 11.8 Å². The Morgan fingerprint density at radius 3 is 2.93 bits per heavy atom. The van der Waals surface area contributed by atoms with Crippen LogP contribution in [0.25, 0.3) is 0 Å². The summed E-state index contributed by atoms with van der Waals surface area (Å²) in [6.07, 6.45) is 1.20. The molecule has 1 nitrogen and oxygen atoms in total. The molecule has 2 unspecified atom stereocenters. The zero-order valence-electron chi connectivity index (χ0n) is 8.79. The van der Waals surface area contributed by atoms with Crippen LogP contribution in [0.3, 0.4) is 0 Å². The first-order valence-electron chi connectivity index (χ1n) is 5.32. The summed E-state index contributed by atoms with van der Waals surface area (Å²) in [7, 11) is 0. The van der Waals surface area contributed by atoms with Gasteiger partial charge in [-0.1, -0.05) is 32.0 Å². The van der Waals surface area contributed by atoms with E-state index in [0.717, 1.165) is 6.54 Å². The van der Waals surface area contributed by atoms with E-state index in [9.17, 15) is 0 Å². The van der Waals surface area contributed by atoms with Gasteiger partial charge in [0.1, 0.15) is 0 Å². The summed E-state index contributed by atoms with van der Waals surface area (Å²) in [5.74, 6) is 0. The van der Waals surface area contributed by atoms with Crippen LogP contribution < -0.4 is 5.32 Å². The van der Waals surface area contributed by atoms with Gasteiger partial charge in [-0.3, -0.25) is 0 Å². The minimum atomic E-state index is 0.552. The average molecular weight is 207 g/mol. The van der Waals surface area contributed by atoms with E-state index in [-0.39, 0.29) is 0 Å². The van der Waals surface area contributed by atoms with Crippen LogP contribution in [-0.4, -0.2) is 11.8 Å². The molecule has 1 aromatic rings. The number of rotatable bonds is 3. The predicted molar refractivity (Wildman–Crippen MR) is 62.8 cm³/mol. The van der Waals surface area contributed by atoms with Gasteiger partial charge in [0.15, 0.2) is 0 Å². The molecule has 0 aromatic heterocycles. The fourth-order valence-electron chi connectivity index (χ4n) is 1.94. The number of fused-ring (bicyclic) bond motifs is 1. The molecule has 2 heteroatoms. The first-order valence-corrected chi connectivity index (χ1v) is 6.20. The van der Waals surface area contributed by atoms with Gasteiger partial charge < -0.3 is 5.32 Å². The monoisotopic (exact) mass is 207 g/mol. The molecule has 0 bridgehead atoms. The molecule has 1 aliphatic rings. The van der Waals surface area contributed by atoms with E-state index in [1.807, 2.05) is 11.8 Å². The van der Waals surface area contributed by atoms with Gasteiger partial charge in [-0.25, -0.2) is 0 Å². The molecular formula is C12H17NS. The number of thioether (sulfide) groups is 1. The van der Waals surface area contributed by atoms with E-state index in [2.05, 4.69) is 43.4 Å². The smallest absolute Gasteiger partial charge is 0.0452 e. The Morgan fingerprint density at radius 2 is 2.14 bits per heavy atom. The first kappa shape index (κ1) is 10.1. The fraction of sp³-hybridized carbons (Fsp3) is 0.500. The molecule has 2 rings (SSSR count). The lowest BCUT2D eigenvalue weighted by atomic mass is 10.0. The minimum absolute atomic E-state index is 0.552. The zero-order valence-corrected chi connectivity index (χ0v) is 9.60. The van der Waals surface area contributed by atoms with Crippen LogP contribution in [0.4, 0.5) is 0 Å². The van der Waals surface area contributed by atoms with Crippen LogP contribution in [0.2, 0.25) is 0 Å². The van der Waals surface area contributed by atoms with Crippen molar-refractivity contribution in [2.24, 2.45) is 0 Å². The third-order valence-corrected chi connectivity index (χ3v) is 3.92. The standard InChI is InChI=1S/C12H17NS/c1-3-8-13-12-9(2)14-11-7-5-4-6-10(11)12/h4-7,9,12-13H,3,8H2,1-2H3. The van der Waals surface area contributed by atoms with E-state index in [1.54, 1.807) is 0 Å². The molecule has 1 aromatic carbocycles. The number of hydrogen-bond donors (Lipinski definition) is 1. The van der Waals surface area contributed by atoms with Crippen molar-refractivity contribution in [3.05, 3.63) is 29.8 Å². The van der Waals surface area contributed by atoms with Crippen LogP contribution in [0, 0.1) is 0 Å². The third-order valence-electron chi connectivity index (χ3n) is 2.65. The van der Waals surface area contributed by atoms with Crippen LogP contribution in [-0.2, 0) is 0 Å². The Kier molecular flexibility index (Phi) is 3.14. The second-order valence-electron chi connectivity index (χ2n) is 3.79. The molecule has 14 heavy (non-hydrogen) atoms. The maximum atomic E-state index is 3.62. The normalized spacial score (nSPS) is 25.0. The molecule has 0 spiro atoms. The van der Waals surface area contributed by atoms with E-state index < -0.39 is 0 Å². The highest BCUT2D eigenvalue weighted by atomic mass is 32.2. The van der Waals surface area contributed by atoms with Crippen molar-refractivity contribution in [3.63, 3.8) is 0 Å². The molecule has 0 saturated carbocycles. The van der Waals surface area contributed by atoms with Gasteiger partial charge in [-0.05, 0) is 24.6 Å². The highest BCUT2D eigenvalue weighted by molar-refractivity contribution is 8.00. The topological polar surface area (TPSA) is 12.0 Å². The maximum absolute atomic E-state index is 3.62. The Bertz CT molecular complexity index is 311. The lowest BCUT2D eigenvalue weighted by molar-refractivity contribution is 0.532. The molecule has 2 atom stereocenters. The quantitative estimate of drug-likeness (QED) is 0.816. The van der Waals surface area contributed by atoms with Gasteiger partial charge in [-0.2, -0.15) is 0 Å². The molecule has 1 aliphatic heterocycles. The summed E-state index contributed by atoms with van der Waals surface area (Å²) in [6.45, 7) is 5.63. The lowest BCUT2D eigenvalue weighted by Crippen LogP contribution is -2.26. The van der Waals surface area contributed by atoms with Gasteiger partial charge in [0.2, 0.25) is 0 Å². The van der Waals surface area contributed by atoms with Gasteiger partial charge in [0.05, 0.1) is 0 Å². The molecule has 0 saturated heterocycles. The van der Waals surface area contributed by atoms with E-state index in [4.69, 9.17) is 0 Å². The SMILES string of the molecule is CCCNC1c2ccccc2SC1C. The summed E-state index contributed by atoms with van der Waals surface area (Å²) in [4.78, 5) is 1.45. The highest BCUT2D eigenvalue weighted by Crippen LogP contribution is 2.43. The number of nitrogens with one attached hydrogen (secondary N) is 1. The second kappa shape index (κ2) is 4.37. The van der Waals surface area contributed by atoms with Crippen molar-refractivity contribution in [3.8, 4) is 0 Å². The number of benzene rings is 1. The van der Waals surface area contributed by atoms with Gasteiger partial charge in [0, 0.05) is 16.2 Å². The molecular weight excluding hydrogens is 190 g/mol. The van der Waals surface area contributed by atoms with Crippen LogP contribution >= 0.6 is 11.8 Å². The Morgan fingerprint density at radius 1 is 1.36 bits per heavy atom. The molecule has 0 radical (unpaired) electrons. The maximum Gasteiger partial charge on any atom is 0.0452 e. The van der Waals surface area contributed by atoms with Crippen molar-refractivity contribution in [2.75, 3.05) is 6.54 Å². The van der Waals surface area contributed by atoms with E-state index >= 15 is 0 Å². The highest BCUT2D eigenvalue weighted by Gasteiger charge is 2.28. The summed E-state index contributed by atoms with van der Waals surface area (Å²) >= 11 is 1.99. The average Bonchev–Trinajstić information content (AvgIpc) is 2.51. The predicted octanol–water partition coefficient (Wildman–Crippen LogP) is 3.22. The molecule has 0 aliphatic carbocycles. The van der Waals surface area contributed by atoms with Gasteiger partial charge in [0.25, 0.3) is 0 Å². The van der Waals surface area contributed by atoms with Crippen LogP contribution in [0.5, 0.6) is 0 Å². The summed E-state index contributed by atoms with van der Waals surface area (Å²) in [5, 5.41) is 4.28. The zero-order chi connectivity index (χ0) is 9.97. The van der Waals surface area contributed by atoms with Crippen molar-refractivity contribution in [2.45, 2.75) is 36.5 Å². The van der Waals surface area contributed by atoms with Crippen LogP contribution in [0.15, 0.2) is 29.2 Å². The molecule has 1 N–H and O–H groups in total. The molecule has 76 valence electrons. The van der Waals surface area contributed by atoms with E-state index in [1.165, 1.54) is 16.9 Å².